The summed E-state index contributed by atoms with van der Waals surface area (Å²) in [4.78, 5) is 0. The number of methoxy groups -OCH3 is 1. The quantitative estimate of drug-likeness (QED) is 0.478. The van der Waals surface area contributed by atoms with Crippen molar-refractivity contribution >= 4 is 23.1 Å². The fourth-order valence-electron chi connectivity index (χ4n) is 2.51. The molecule has 0 unspecified atom stereocenters. The summed E-state index contributed by atoms with van der Waals surface area (Å²) in [6.45, 7) is 0. The van der Waals surface area contributed by atoms with E-state index in [-0.39, 0.29) is 29.7 Å². The number of para-hydroxylation sites is 1. The molecule has 0 amide bonds. The average molecular weight is 421 g/mol. The number of aryl methyl sites for hydroxylation is 1. The largest absolute Gasteiger partial charge is 0.504 e. The van der Waals surface area contributed by atoms with E-state index < -0.39 is 0 Å². The molecule has 1 N–H and O–H groups in total. The van der Waals surface area contributed by atoms with Gasteiger partial charge in [-0.15, -0.1) is 0 Å². The predicted octanol–water partition coefficient (Wildman–Crippen LogP) is 0.0175. The van der Waals surface area contributed by atoms with Crippen LogP contribution in [0.5, 0.6) is 11.5 Å². The van der Waals surface area contributed by atoms with E-state index in [1.807, 2.05) is 30.3 Å². The van der Waals surface area contributed by atoms with Crippen molar-refractivity contribution in [3.8, 4) is 11.5 Å². The van der Waals surface area contributed by atoms with E-state index in [1.54, 1.807) is 13.2 Å². The molecule has 3 rings (SSSR count). The van der Waals surface area contributed by atoms with Gasteiger partial charge in [0.05, 0.1) is 7.11 Å². The summed E-state index contributed by atoms with van der Waals surface area (Å²) in [6, 6.07) is 17.8. The van der Waals surface area contributed by atoms with Gasteiger partial charge in [-0.1, -0.05) is 18.2 Å². The van der Waals surface area contributed by atoms with Crippen molar-refractivity contribution in [3.63, 3.8) is 0 Å². The fourth-order valence-corrected chi connectivity index (χ4v) is 2.51. The van der Waals surface area contributed by atoms with Crippen molar-refractivity contribution in [2.24, 2.45) is 7.05 Å². The predicted molar refractivity (Wildman–Crippen MR) is 91.5 cm³/mol. The zero-order valence-electron chi connectivity index (χ0n) is 13.1. The van der Waals surface area contributed by atoms with Crippen LogP contribution in [0.25, 0.3) is 23.1 Å². The van der Waals surface area contributed by atoms with Crippen LogP contribution in [-0.2, 0) is 7.05 Å². The Balaban J connectivity index is 0.00000192. The van der Waals surface area contributed by atoms with Crippen LogP contribution in [0.4, 0.5) is 0 Å². The summed E-state index contributed by atoms with van der Waals surface area (Å²) in [5, 5.41) is 10.8. The number of benzene rings is 2. The molecule has 118 valence electrons. The Bertz CT molecular complexity index is 859. The van der Waals surface area contributed by atoms with Crippen LogP contribution in [-0.4, -0.2) is 12.2 Å². The highest BCUT2D eigenvalue weighted by Crippen LogP contribution is 2.27. The second kappa shape index (κ2) is 7.46. The number of phenols is 1. The third kappa shape index (κ3) is 3.64. The van der Waals surface area contributed by atoms with Crippen LogP contribution in [0.3, 0.4) is 0 Å². The Morgan fingerprint density at radius 2 is 1.78 bits per heavy atom. The minimum Gasteiger partial charge on any atom is -0.504 e. The average Bonchev–Trinajstić information content (AvgIpc) is 2.56. The Hall–Kier alpha value is -2.08. The third-order valence-corrected chi connectivity index (χ3v) is 3.77. The molecule has 0 bridgehead atoms. The first-order valence-corrected chi connectivity index (χ1v) is 7.12. The summed E-state index contributed by atoms with van der Waals surface area (Å²) in [6.07, 6.45) is 4.06. The number of phenolic OH excluding ortho intramolecular Hbond substituents is 1. The van der Waals surface area contributed by atoms with Crippen LogP contribution in [0.15, 0.2) is 54.6 Å². The van der Waals surface area contributed by atoms with Crippen LogP contribution in [0.2, 0.25) is 0 Å². The fraction of sp³-hybridized carbons (Fsp3) is 0.105. The van der Waals surface area contributed by atoms with Gasteiger partial charge in [-0.2, -0.15) is 4.57 Å². The number of halogens is 1. The van der Waals surface area contributed by atoms with Gasteiger partial charge in [0, 0.05) is 23.6 Å². The van der Waals surface area contributed by atoms with Crippen LogP contribution >= 0.6 is 0 Å². The van der Waals surface area contributed by atoms with Gasteiger partial charge in [0.25, 0.3) is 0 Å². The van der Waals surface area contributed by atoms with Gasteiger partial charge < -0.3 is 9.84 Å². The van der Waals surface area contributed by atoms with E-state index in [1.165, 1.54) is 10.9 Å². The number of aromatic hydroxyl groups is 1. The number of aromatic nitrogens is 1. The monoisotopic (exact) mass is 421 g/mol. The third-order valence-electron chi connectivity index (χ3n) is 3.77. The zero-order chi connectivity index (χ0) is 15.5. The van der Waals surface area contributed by atoms with Gasteiger partial charge in [-0.3, -0.25) is 0 Å². The minimum atomic E-state index is 0. The van der Waals surface area contributed by atoms with Gasteiger partial charge >= 0.3 is 0 Å². The molecule has 3 nitrogen and oxygen atoms in total. The molecule has 0 aliphatic carbocycles. The van der Waals surface area contributed by atoms with E-state index in [4.69, 9.17) is 4.74 Å². The molecular weight excluding hydrogens is 401 g/mol. The van der Waals surface area contributed by atoms with Crippen molar-refractivity contribution in [2.75, 3.05) is 7.11 Å². The SMILES string of the molecule is COc1cc(C=Cc2ccc3ccccc3[n+]2C)ccc1O.[IH2+]. The molecule has 0 atom stereocenters. The molecule has 3 aromatic rings. The number of fused-ring (bicyclic) bond motifs is 1. The standard InChI is InChI=1S/C19H17NO2.H2I/c1-20-16(11-9-15-5-3-4-6-17(15)20)10-7-14-8-12-18(21)19(13-14)22-2;/h3-13H,1-2H3;1H2/q;+1/p+1. The molecule has 0 radical (unpaired) electrons. The maximum atomic E-state index is 9.63. The first kappa shape index (κ1) is 17.3. The second-order valence-electron chi connectivity index (χ2n) is 5.14. The Morgan fingerprint density at radius 3 is 2.57 bits per heavy atom. The normalized spacial score (nSPS) is 10.7. The molecule has 4 heteroatoms. The van der Waals surface area contributed by atoms with Crippen molar-refractivity contribution < 1.29 is 38.4 Å². The number of pyridine rings is 1. The highest BCUT2D eigenvalue weighted by atomic mass is 127. The zero-order valence-corrected chi connectivity index (χ0v) is 15.7. The molecular formula is C19H20INO2+2. The smallest absolute Gasteiger partial charge is 0.235 e. The van der Waals surface area contributed by atoms with Gasteiger partial charge in [0.2, 0.25) is 35.2 Å². The molecule has 0 saturated heterocycles. The molecule has 0 aliphatic rings. The summed E-state index contributed by atoms with van der Waals surface area (Å²) in [5.74, 6) is 0.626. The highest BCUT2D eigenvalue weighted by molar-refractivity contribution is 5.77. The molecule has 1 heterocycles. The molecule has 0 spiro atoms. The summed E-state index contributed by atoms with van der Waals surface area (Å²) >= 11 is 0. The summed E-state index contributed by atoms with van der Waals surface area (Å²) in [5.41, 5.74) is 3.27. The minimum absolute atomic E-state index is 0. The van der Waals surface area contributed by atoms with Crippen molar-refractivity contribution in [1.29, 1.82) is 0 Å². The number of hydrogen-bond donors (Lipinski definition) is 1. The number of hydrogen-bond acceptors (Lipinski definition) is 2. The van der Waals surface area contributed by atoms with Crippen LogP contribution in [0.1, 0.15) is 11.3 Å². The number of rotatable bonds is 3. The van der Waals surface area contributed by atoms with E-state index in [9.17, 15) is 5.11 Å². The lowest BCUT2D eigenvalue weighted by molar-refractivity contribution is -0.646. The van der Waals surface area contributed by atoms with E-state index in [2.05, 4.69) is 42.0 Å². The van der Waals surface area contributed by atoms with Crippen molar-refractivity contribution in [3.05, 3.63) is 65.9 Å². The van der Waals surface area contributed by atoms with Crippen LogP contribution in [0, 0.1) is 0 Å². The van der Waals surface area contributed by atoms with E-state index in [0.717, 1.165) is 11.3 Å². The van der Waals surface area contributed by atoms with E-state index >= 15 is 0 Å². The van der Waals surface area contributed by atoms with Crippen molar-refractivity contribution in [1.82, 2.24) is 0 Å². The highest BCUT2D eigenvalue weighted by Gasteiger charge is 2.08. The summed E-state index contributed by atoms with van der Waals surface area (Å²) < 4.78 is 7.29. The van der Waals surface area contributed by atoms with Gasteiger partial charge in [0.15, 0.2) is 11.5 Å². The molecule has 0 fully saturated rings. The topological polar surface area (TPSA) is 33.3 Å². The lowest BCUT2D eigenvalue weighted by Crippen LogP contribution is -3.00. The Labute approximate surface area is 152 Å². The molecule has 0 saturated carbocycles. The lowest BCUT2D eigenvalue weighted by Gasteiger charge is -2.03. The number of ether oxygens (including phenoxy) is 1. The Morgan fingerprint density at radius 1 is 1.00 bits per heavy atom. The molecule has 1 aromatic heterocycles. The maximum Gasteiger partial charge on any atom is 0.235 e. The molecule has 2 aromatic carbocycles. The Kier molecular flexibility index (Phi) is 5.60. The number of nitrogens with zero attached hydrogens (tertiary/aromatic N) is 1. The second-order valence-corrected chi connectivity index (χ2v) is 5.14. The van der Waals surface area contributed by atoms with Crippen molar-refractivity contribution in [2.45, 2.75) is 0 Å². The van der Waals surface area contributed by atoms with Gasteiger partial charge in [0.1, 0.15) is 7.05 Å². The van der Waals surface area contributed by atoms with Gasteiger partial charge in [-0.25, -0.2) is 0 Å². The van der Waals surface area contributed by atoms with E-state index in [0.29, 0.717) is 5.75 Å². The molecule has 23 heavy (non-hydrogen) atoms. The van der Waals surface area contributed by atoms with Gasteiger partial charge in [-0.05, 0) is 35.9 Å². The maximum absolute atomic E-state index is 9.63. The lowest BCUT2D eigenvalue weighted by atomic mass is 10.1. The molecule has 0 aliphatic heterocycles. The first-order valence-electron chi connectivity index (χ1n) is 7.12. The summed E-state index contributed by atoms with van der Waals surface area (Å²) in [7, 11) is 3.60. The first-order chi connectivity index (χ1) is 10.7. The van der Waals surface area contributed by atoms with Crippen LogP contribution < -0.4 is 33.3 Å².